The Morgan fingerprint density at radius 3 is 2.13 bits per heavy atom. The van der Waals surface area contributed by atoms with Crippen molar-refractivity contribution in [3.63, 3.8) is 0 Å². The number of ether oxygens (including phenoxy) is 1. The van der Waals surface area contributed by atoms with Crippen molar-refractivity contribution in [1.29, 1.82) is 0 Å². The molecular formula is C25H35NO4Si. The van der Waals surface area contributed by atoms with Gasteiger partial charge in [0.05, 0.1) is 31.7 Å². The zero-order valence-electron chi connectivity index (χ0n) is 19.5. The Kier molecular flexibility index (Phi) is 8.59. The van der Waals surface area contributed by atoms with Gasteiger partial charge in [-0.2, -0.15) is 0 Å². The highest BCUT2D eigenvalue weighted by atomic mass is 28.4. The lowest BCUT2D eigenvalue weighted by atomic mass is 10.1. The Hall–Kier alpha value is -2.44. The van der Waals surface area contributed by atoms with Crippen molar-refractivity contribution in [3.8, 4) is 0 Å². The van der Waals surface area contributed by atoms with Crippen LogP contribution in [0.1, 0.15) is 42.3 Å². The summed E-state index contributed by atoms with van der Waals surface area (Å²) < 4.78 is 11.1. The van der Waals surface area contributed by atoms with E-state index in [1.807, 2.05) is 18.2 Å². The zero-order chi connectivity index (χ0) is 23.1. The third kappa shape index (κ3) is 7.63. The predicted molar refractivity (Wildman–Crippen MR) is 127 cm³/mol. The van der Waals surface area contributed by atoms with Gasteiger partial charge in [0.25, 0.3) is 0 Å². The van der Waals surface area contributed by atoms with Crippen LogP contribution < -0.4 is 5.32 Å². The second-order valence-corrected chi connectivity index (χ2v) is 14.2. The minimum absolute atomic E-state index is 0.0643. The first-order valence-corrected chi connectivity index (χ1v) is 13.6. The molecule has 0 aliphatic carbocycles. The number of esters is 1. The largest absolute Gasteiger partial charge is 0.465 e. The highest BCUT2D eigenvalue weighted by Gasteiger charge is 2.37. The second kappa shape index (κ2) is 10.7. The van der Waals surface area contributed by atoms with Crippen molar-refractivity contribution >= 4 is 20.2 Å². The molecule has 0 heterocycles. The first-order valence-electron chi connectivity index (χ1n) is 10.7. The van der Waals surface area contributed by atoms with E-state index in [0.717, 1.165) is 11.1 Å². The van der Waals surface area contributed by atoms with Crippen molar-refractivity contribution in [1.82, 2.24) is 5.32 Å². The van der Waals surface area contributed by atoms with Crippen LogP contribution in [0.3, 0.4) is 0 Å². The van der Waals surface area contributed by atoms with Crippen LogP contribution in [0.15, 0.2) is 54.6 Å². The molecule has 1 amide bonds. The summed E-state index contributed by atoms with van der Waals surface area (Å²) >= 11 is 0. The van der Waals surface area contributed by atoms with E-state index in [1.54, 1.807) is 24.3 Å². The van der Waals surface area contributed by atoms with Gasteiger partial charge >= 0.3 is 5.97 Å². The van der Waals surface area contributed by atoms with Gasteiger partial charge in [0, 0.05) is 0 Å². The molecule has 0 saturated heterocycles. The number of carbonyl (C=O) groups excluding carboxylic acids is 2. The molecule has 0 saturated carbocycles. The normalized spacial score (nSPS) is 12.8. The van der Waals surface area contributed by atoms with Gasteiger partial charge in [-0.1, -0.05) is 63.2 Å². The van der Waals surface area contributed by atoms with Crippen LogP contribution in [-0.2, 0) is 26.8 Å². The van der Waals surface area contributed by atoms with E-state index >= 15 is 0 Å². The molecule has 1 atom stereocenters. The minimum atomic E-state index is -1.93. The molecule has 31 heavy (non-hydrogen) atoms. The van der Waals surface area contributed by atoms with Crippen molar-refractivity contribution in [2.24, 2.45) is 0 Å². The van der Waals surface area contributed by atoms with Crippen LogP contribution in [0.5, 0.6) is 0 Å². The van der Waals surface area contributed by atoms with E-state index in [1.165, 1.54) is 7.11 Å². The van der Waals surface area contributed by atoms with Crippen LogP contribution >= 0.6 is 0 Å². The lowest BCUT2D eigenvalue weighted by Crippen LogP contribution is -2.47. The third-order valence-corrected chi connectivity index (χ3v) is 10.4. The number of carbonyl (C=O) groups is 2. The summed E-state index contributed by atoms with van der Waals surface area (Å²) in [6.45, 7) is 11.6. The third-order valence-electron chi connectivity index (χ3n) is 5.88. The molecular weight excluding hydrogens is 406 g/mol. The molecule has 6 heteroatoms. The van der Waals surface area contributed by atoms with Crippen LogP contribution in [0.25, 0.3) is 0 Å². The quantitative estimate of drug-likeness (QED) is 0.450. The van der Waals surface area contributed by atoms with E-state index in [0.29, 0.717) is 18.6 Å². The number of hydrogen-bond donors (Lipinski definition) is 1. The lowest BCUT2D eigenvalue weighted by molar-refractivity contribution is -0.121. The molecule has 0 radical (unpaired) electrons. The molecule has 1 unspecified atom stereocenters. The van der Waals surface area contributed by atoms with Gasteiger partial charge in [0.2, 0.25) is 5.91 Å². The number of hydrogen-bond acceptors (Lipinski definition) is 4. The monoisotopic (exact) mass is 441 g/mol. The summed E-state index contributed by atoms with van der Waals surface area (Å²) in [5.74, 6) is -0.452. The molecule has 0 bridgehead atoms. The van der Waals surface area contributed by atoms with Gasteiger partial charge < -0.3 is 14.5 Å². The van der Waals surface area contributed by atoms with E-state index < -0.39 is 8.32 Å². The Balaban J connectivity index is 2.05. The summed E-state index contributed by atoms with van der Waals surface area (Å²) in [6, 6.07) is 16.9. The Labute approximate surface area is 187 Å². The van der Waals surface area contributed by atoms with E-state index in [9.17, 15) is 9.59 Å². The SMILES string of the molecule is COC(=O)c1ccc(CC(=O)NC(CO[Si](C)(C)C(C)(C)C)Cc2ccccc2)cc1. The second-order valence-electron chi connectivity index (χ2n) is 9.39. The van der Waals surface area contributed by atoms with Crippen molar-refractivity contribution in [3.05, 3.63) is 71.3 Å². The molecule has 5 nitrogen and oxygen atoms in total. The maximum Gasteiger partial charge on any atom is 0.337 e. The van der Waals surface area contributed by atoms with Gasteiger partial charge in [-0.15, -0.1) is 0 Å². The van der Waals surface area contributed by atoms with Gasteiger partial charge in [0.1, 0.15) is 0 Å². The molecule has 2 rings (SSSR count). The smallest absolute Gasteiger partial charge is 0.337 e. The van der Waals surface area contributed by atoms with Gasteiger partial charge in [0.15, 0.2) is 8.32 Å². The number of methoxy groups -OCH3 is 1. The predicted octanol–water partition coefficient (Wildman–Crippen LogP) is 4.77. The van der Waals surface area contributed by atoms with Crippen LogP contribution in [-0.4, -0.2) is 40.0 Å². The number of rotatable bonds is 9. The molecule has 0 aromatic heterocycles. The van der Waals surface area contributed by atoms with Crippen molar-refractivity contribution < 1.29 is 18.8 Å². The van der Waals surface area contributed by atoms with Gasteiger partial charge in [-0.3, -0.25) is 4.79 Å². The summed E-state index contributed by atoms with van der Waals surface area (Å²) in [4.78, 5) is 24.3. The topological polar surface area (TPSA) is 64.6 Å². The summed E-state index contributed by atoms with van der Waals surface area (Å²) in [5, 5.41) is 3.26. The van der Waals surface area contributed by atoms with Crippen molar-refractivity contribution in [2.45, 2.75) is 57.8 Å². The highest BCUT2D eigenvalue weighted by molar-refractivity contribution is 6.74. The Bertz CT molecular complexity index is 857. The number of amides is 1. The summed E-state index contributed by atoms with van der Waals surface area (Å²) in [6.07, 6.45) is 0.954. The fourth-order valence-electron chi connectivity index (χ4n) is 2.92. The molecule has 0 aliphatic rings. The minimum Gasteiger partial charge on any atom is -0.465 e. The Morgan fingerprint density at radius 2 is 1.58 bits per heavy atom. The molecule has 2 aromatic rings. The molecule has 0 spiro atoms. The van der Waals surface area contributed by atoms with E-state index in [-0.39, 0.29) is 29.4 Å². The molecule has 2 aromatic carbocycles. The van der Waals surface area contributed by atoms with Crippen molar-refractivity contribution in [2.75, 3.05) is 13.7 Å². The van der Waals surface area contributed by atoms with E-state index in [2.05, 4.69) is 51.3 Å². The van der Waals surface area contributed by atoms with Crippen LogP contribution in [0.4, 0.5) is 0 Å². The average molecular weight is 442 g/mol. The van der Waals surface area contributed by atoms with Crippen LogP contribution in [0, 0.1) is 0 Å². The number of nitrogens with one attached hydrogen (secondary N) is 1. The molecule has 0 fully saturated rings. The Morgan fingerprint density at radius 1 is 0.968 bits per heavy atom. The molecule has 168 valence electrons. The van der Waals surface area contributed by atoms with E-state index in [4.69, 9.17) is 9.16 Å². The highest BCUT2D eigenvalue weighted by Crippen LogP contribution is 2.36. The zero-order valence-corrected chi connectivity index (χ0v) is 20.5. The average Bonchev–Trinajstić information content (AvgIpc) is 2.72. The number of benzene rings is 2. The van der Waals surface area contributed by atoms with Gasteiger partial charge in [-0.25, -0.2) is 4.79 Å². The fourth-order valence-corrected chi connectivity index (χ4v) is 3.97. The fraction of sp³-hybridized carbons (Fsp3) is 0.440. The molecule has 0 aliphatic heterocycles. The summed E-state index contributed by atoms with van der Waals surface area (Å²) in [7, 11) is -0.576. The van der Waals surface area contributed by atoms with Gasteiger partial charge in [-0.05, 0) is 47.8 Å². The summed E-state index contributed by atoms with van der Waals surface area (Å²) in [5.41, 5.74) is 2.47. The standard InChI is InChI=1S/C25H35NO4Si/c1-25(2,3)31(5,6)30-18-22(16-19-10-8-7-9-11-19)26-23(27)17-20-12-14-21(15-13-20)24(28)29-4/h7-15,22H,16-18H2,1-6H3,(H,26,27). The first kappa shape index (κ1) is 24.8. The first-order chi connectivity index (χ1) is 14.5. The van der Waals surface area contributed by atoms with Crippen LogP contribution in [0.2, 0.25) is 18.1 Å². The maximum atomic E-state index is 12.8. The lowest BCUT2D eigenvalue weighted by Gasteiger charge is -2.37. The molecule has 1 N–H and O–H groups in total. The maximum absolute atomic E-state index is 12.8.